The Morgan fingerprint density at radius 1 is 1.21 bits per heavy atom. The molecule has 0 radical (unpaired) electrons. The summed E-state index contributed by atoms with van der Waals surface area (Å²) in [7, 11) is 0. The maximum atomic E-state index is 12.2. The van der Waals surface area contributed by atoms with Crippen LogP contribution in [0.15, 0.2) is 65.2 Å². The first-order chi connectivity index (χ1) is 13.6. The number of rotatable bonds is 6. The second kappa shape index (κ2) is 9.25. The zero-order valence-corrected chi connectivity index (χ0v) is 16.4. The molecule has 0 aliphatic carbocycles. The fourth-order valence-electron chi connectivity index (χ4n) is 3.00. The second-order valence-electron chi connectivity index (χ2n) is 6.62. The van der Waals surface area contributed by atoms with Gasteiger partial charge >= 0.3 is 0 Å². The molecule has 2 aromatic rings. The van der Waals surface area contributed by atoms with Gasteiger partial charge in [-0.2, -0.15) is 5.26 Å². The zero-order valence-electron chi connectivity index (χ0n) is 15.6. The predicted octanol–water partition coefficient (Wildman–Crippen LogP) is 3.38. The van der Waals surface area contributed by atoms with Crippen LogP contribution in [0.5, 0.6) is 0 Å². The molecule has 2 N–H and O–H groups in total. The topological polar surface area (TPSA) is 82.0 Å². The molecule has 2 aromatic carbocycles. The van der Waals surface area contributed by atoms with Crippen molar-refractivity contribution >= 4 is 23.6 Å². The van der Waals surface area contributed by atoms with Crippen LogP contribution in [0.25, 0.3) is 0 Å². The summed E-state index contributed by atoms with van der Waals surface area (Å²) in [5.74, 6) is -0.436. The lowest BCUT2D eigenvalue weighted by Gasteiger charge is -2.25. The minimum atomic E-state index is -0.280. The molecule has 0 saturated carbocycles. The molecule has 1 aliphatic heterocycles. The Kier molecular flexibility index (Phi) is 6.51. The standard InChI is InChI=1S/C22H21N3O2S/c1-15-7-9-16(10-8-15)13-24-21(27)14-28-22-19(12-23)18(11-20(26)25-22)17-5-3-2-4-6-17/h2-10,18H,11,13-14H2,1H3,(H,24,27)(H,25,26)/t18-/m1/s1. The van der Waals surface area contributed by atoms with Gasteiger partial charge in [0.25, 0.3) is 0 Å². The number of nitriles is 1. The quantitative estimate of drug-likeness (QED) is 0.791. The first-order valence-electron chi connectivity index (χ1n) is 9.01. The molecule has 28 heavy (non-hydrogen) atoms. The summed E-state index contributed by atoms with van der Waals surface area (Å²) in [4.78, 5) is 24.3. The Labute approximate surface area is 168 Å². The number of allylic oxidation sites excluding steroid dienone is 1. The van der Waals surface area contributed by atoms with E-state index in [2.05, 4.69) is 16.7 Å². The van der Waals surface area contributed by atoms with Crippen LogP contribution in [0.1, 0.15) is 29.0 Å². The van der Waals surface area contributed by atoms with Crippen LogP contribution in [-0.2, 0) is 16.1 Å². The SMILES string of the molecule is Cc1ccc(CNC(=O)CSC2=C(C#N)[C@@H](c3ccccc3)CC(=O)N2)cc1. The average Bonchev–Trinajstić information content (AvgIpc) is 2.72. The van der Waals surface area contributed by atoms with Crippen molar-refractivity contribution in [3.8, 4) is 6.07 Å². The van der Waals surface area contributed by atoms with Crippen molar-refractivity contribution in [2.75, 3.05) is 5.75 Å². The number of carbonyl (C=O) groups is 2. The van der Waals surface area contributed by atoms with Crippen molar-refractivity contribution in [2.24, 2.45) is 0 Å². The molecule has 1 aliphatic rings. The molecule has 0 spiro atoms. The van der Waals surface area contributed by atoms with Crippen LogP contribution in [0.2, 0.25) is 0 Å². The van der Waals surface area contributed by atoms with Gasteiger partial charge in [-0.3, -0.25) is 9.59 Å². The normalized spacial score (nSPS) is 16.3. The maximum Gasteiger partial charge on any atom is 0.230 e. The summed E-state index contributed by atoms with van der Waals surface area (Å²) in [6.45, 7) is 2.46. The highest BCUT2D eigenvalue weighted by Crippen LogP contribution is 2.35. The highest BCUT2D eigenvalue weighted by Gasteiger charge is 2.29. The highest BCUT2D eigenvalue weighted by molar-refractivity contribution is 8.03. The second-order valence-corrected chi connectivity index (χ2v) is 7.61. The van der Waals surface area contributed by atoms with Gasteiger partial charge in [0.05, 0.1) is 22.4 Å². The van der Waals surface area contributed by atoms with Gasteiger partial charge in [-0.05, 0) is 18.1 Å². The van der Waals surface area contributed by atoms with E-state index in [4.69, 9.17) is 0 Å². The molecule has 1 atom stereocenters. The lowest BCUT2D eigenvalue weighted by Crippen LogP contribution is -2.32. The van der Waals surface area contributed by atoms with Gasteiger partial charge in [0.2, 0.25) is 11.8 Å². The van der Waals surface area contributed by atoms with E-state index in [1.807, 2.05) is 61.5 Å². The number of nitrogens with zero attached hydrogens (tertiary/aromatic N) is 1. The molecule has 5 nitrogen and oxygen atoms in total. The molecule has 6 heteroatoms. The van der Waals surface area contributed by atoms with Gasteiger partial charge in [0, 0.05) is 18.9 Å². The van der Waals surface area contributed by atoms with E-state index >= 15 is 0 Å². The van der Waals surface area contributed by atoms with Gasteiger partial charge in [-0.25, -0.2) is 0 Å². The highest BCUT2D eigenvalue weighted by atomic mass is 32.2. The van der Waals surface area contributed by atoms with Crippen molar-refractivity contribution < 1.29 is 9.59 Å². The number of thioether (sulfide) groups is 1. The average molecular weight is 391 g/mol. The van der Waals surface area contributed by atoms with Gasteiger partial charge in [0.1, 0.15) is 0 Å². The first-order valence-corrected chi connectivity index (χ1v) is 9.99. The molecular formula is C22H21N3O2S. The van der Waals surface area contributed by atoms with E-state index in [9.17, 15) is 14.9 Å². The molecule has 0 aromatic heterocycles. The number of hydrogen-bond donors (Lipinski definition) is 2. The summed E-state index contributed by atoms with van der Waals surface area (Å²) in [5, 5.41) is 15.7. The molecule has 1 heterocycles. The van der Waals surface area contributed by atoms with E-state index in [1.165, 1.54) is 17.3 Å². The van der Waals surface area contributed by atoms with Crippen LogP contribution in [0.4, 0.5) is 0 Å². The van der Waals surface area contributed by atoms with E-state index in [0.717, 1.165) is 11.1 Å². The van der Waals surface area contributed by atoms with Gasteiger partial charge in [-0.1, -0.05) is 71.9 Å². The van der Waals surface area contributed by atoms with Crippen LogP contribution in [-0.4, -0.2) is 17.6 Å². The van der Waals surface area contributed by atoms with Crippen molar-refractivity contribution in [3.05, 3.63) is 81.9 Å². The van der Waals surface area contributed by atoms with Crippen molar-refractivity contribution in [3.63, 3.8) is 0 Å². The largest absolute Gasteiger partial charge is 0.351 e. The van der Waals surface area contributed by atoms with Crippen LogP contribution < -0.4 is 10.6 Å². The first kappa shape index (κ1) is 19.7. The van der Waals surface area contributed by atoms with Crippen molar-refractivity contribution in [1.29, 1.82) is 5.26 Å². The summed E-state index contributed by atoms with van der Waals surface area (Å²) in [5.41, 5.74) is 3.62. The third-order valence-electron chi connectivity index (χ3n) is 4.52. The van der Waals surface area contributed by atoms with Crippen LogP contribution in [0.3, 0.4) is 0 Å². The van der Waals surface area contributed by atoms with E-state index in [1.54, 1.807) is 0 Å². The number of aryl methyl sites for hydroxylation is 1. The third-order valence-corrected chi connectivity index (χ3v) is 5.53. The summed E-state index contributed by atoms with van der Waals surface area (Å²) in [6.07, 6.45) is 0.233. The van der Waals surface area contributed by atoms with E-state index in [0.29, 0.717) is 17.1 Å². The molecule has 3 rings (SSSR count). The van der Waals surface area contributed by atoms with E-state index < -0.39 is 0 Å². The maximum absolute atomic E-state index is 12.2. The monoisotopic (exact) mass is 391 g/mol. The molecule has 2 amide bonds. The van der Waals surface area contributed by atoms with Gasteiger partial charge < -0.3 is 10.6 Å². The Morgan fingerprint density at radius 3 is 2.61 bits per heavy atom. The number of amides is 2. The Hall–Kier alpha value is -3.04. The fraction of sp³-hybridized carbons (Fsp3) is 0.227. The van der Waals surface area contributed by atoms with Crippen LogP contribution in [0, 0.1) is 18.3 Å². The molecule has 142 valence electrons. The summed E-state index contributed by atoms with van der Waals surface area (Å²) >= 11 is 1.19. The third kappa shape index (κ3) is 5.02. The van der Waals surface area contributed by atoms with Crippen LogP contribution >= 0.6 is 11.8 Å². The lowest BCUT2D eigenvalue weighted by atomic mass is 9.87. The zero-order chi connectivity index (χ0) is 19.9. The van der Waals surface area contributed by atoms with Gasteiger partial charge in [0.15, 0.2) is 0 Å². The molecular weight excluding hydrogens is 370 g/mol. The summed E-state index contributed by atoms with van der Waals surface area (Å²) in [6, 6.07) is 19.7. The molecule has 0 fully saturated rings. The fourth-order valence-corrected chi connectivity index (χ4v) is 3.91. The number of nitrogens with one attached hydrogen (secondary N) is 2. The number of hydrogen-bond acceptors (Lipinski definition) is 4. The Bertz CT molecular complexity index is 931. The minimum absolute atomic E-state index is 0.133. The Balaban J connectivity index is 1.64. The molecule has 0 bridgehead atoms. The minimum Gasteiger partial charge on any atom is -0.351 e. The molecule has 0 unspecified atom stereocenters. The molecule has 0 saturated heterocycles. The van der Waals surface area contributed by atoms with E-state index in [-0.39, 0.29) is 29.9 Å². The Morgan fingerprint density at radius 2 is 1.93 bits per heavy atom. The predicted molar refractivity (Wildman–Crippen MR) is 110 cm³/mol. The number of carbonyl (C=O) groups excluding carboxylic acids is 2. The van der Waals surface area contributed by atoms with Crippen molar-refractivity contribution in [2.45, 2.75) is 25.8 Å². The van der Waals surface area contributed by atoms with Crippen molar-refractivity contribution in [1.82, 2.24) is 10.6 Å². The smallest absolute Gasteiger partial charge is 0.230 e. The summed E-state index contributed by atoms with van der Waals surface area (Å²) < 4.78 is 0. The lowest BCUT2D eigenvalue weighted by molar-refractivity contribution is -0.121. The van der Waals surface area contributed by atoms with Gasteiger partial charge in [-0.15, -0.1) is 0 Å². The number of benzene rings is 2.